The summed E-state index contributed by atoms with van der Waals surface area (Å²) in [6.07, 6.45) is 3.07. The summed E-state index contributed by atoms with van der Waals surface area (Å²) in [4.78, 5) is 17.3. The van der Waals surface area contributed by atoms with Gasteiger partial charge in [0.1, 0.15) is 5.65 Å². The highest BCUT2D eigenvalue weighted by Crippen LogP contribution is 2.37. The maximum atomic E-state index is 13.7. The molecule has 7 rings (SSSR count). The van der Waals surface area contributed by atoms with Gasteiger partial charge in [-0.15, -0.1) is 0 Å². The lowest BCUT2D eigenvalue weighted by Crippen LogP contribution is -2.16. The van der Waals surface area contributed by atoms with Crippen LogP contribution in [-0.2, 0) is 6.42 Å². The minimum atomic E-state index is 0.0265. The van der Waals surface area contributed by atoms with Crippen LogP contribution in [0.2, 0.25) is 0 Å². The van der Waals surface area contributed by atoms with E-state index in [1.165, 1.54) is 16.7 Å². The number of pyridine rings is 1. The third-order valence-electron chi connectivity index (χ3n) is 6.79. The van der Waals surface area contributed by atoms with Gasteiger partial charge >= 0.3 is 0 Å². The lowest BCUT2D eigenvalue weighted by Gasteiger charge is -2.19. The maximum absolute atomic E-state index is 13.7. The van der Waals surface area contributed by atoms with Gasteiger partial charge in [-0.3, -0.25) is 9.20 Å². The molecule has 1 aliphatic rings. The van der Waals surface area contributed by atoms with Gasteiger partial charge in [-0.2, -0.15) is 0 Å². The summed E-state index contributed by atoms with van der Waals surface area (Å²) in [6, 6.07) is 33.1. The molecule has 0 atom stereocenters. The van der Waals surface area contributed by atoms with Gasteiger partial charge in [0.2, 0.25) is 0 Å². The van der Waals surface area contributed by atoms with Gasteiger partial charge in [0.15, 0.2) is 0 Å². The second-order valence-electron chi connectivity index (χ2n) is 8.61. The SMILES string of the molecule is O=c1c2cccc3c2c(c2[nH]c4cc(-c5ccccc5)ccc4n12)CC=C3c1ccccc1. The third-order valence-corrected chi connectivity index (χ3v) is 6.79. The number of fused-ring (bicyclic) bond motifs is 4. The van der Waals surface area contributed by atoms with Crippen LogP contribution >= 0.6 is 0 Å². The van der Waals surface area contributed by atoms with Crippen molar-refractivity contribution in [3.05, 3.63) is 130 Å². The number of imidazole rings is 1. The van der Waals surface area contributed by atoms with E-state index in [0.29, 0.717) is 0 Å². The summed E-state index contributed by atoms with van der Waals surface area (Å²) >= 11 is 0. The molecule has 0 saturated heterocycles. The predicted octanol–water partition coefficient (Wildman–Crippen LogP) is 6.59. The fourth-order valence-electron chi connectivity index (χ4n) is 5.29. The molecule has 2 heterocycles. The number of benzene rings is 4. The first-order valence-corrected chi connectivity index (χ1v) is 11.2. The van der Waals surface area contributed by atoms with E-state index in [1.54, 1.807) is 0 Å². The smallest absolute Gasteiger partial charge is 0.264 e. The number of nitrogens with zero attached hydrogens (tertiary/aromatic N) is 1. The fraction of sp³-hybridized carbons (Fsp3) is 0.0333. The standard InChI is InChI=1S/C30H20N2O/c33-30-25-13-7-12-23-22(20-10-5-2-6-11-20)15-16-24(28(23)25)29-31-26-18-21(14-17-27(26)32(29)30)19-8-3-1-4-9-19/h1-15,17-18,31H,16H2. The molecule has 1 aliphatic carbocycles. The van der Waals surface area contributed by atoms with Crippen molar-refractivity contribution < 1.29 is 0 Å². The number of allylic oxidation sites excluding steroid dienone is 1. The van der Waals surface area contributed by atoms with Crippen LogP contribution in [0.4, 0.5) is 0 Å². The van der Waals surface area contributed by atoms with Gasteiger partial charge in [-0.05, 0) is 52.4 Å². The molecule has 3 nitrogen and oxygen atoms in total. The first-order valence-electron chi connectivity index (χ1n) is 11.2. The van der Waals surface area contributed by atoms with E-state index in [9.17, 15) is 4.79 Å². The molecular weight excluding hydrogens is 404 g/mol. The summed E-state index contributed by atoms with van der Waals surface area (Å²) < 4.78 is 1.85. The minimum Gasteiger partial charge on any atom is -0.339 e. The molecule has 0 amide bonds. The molecule has 6 aromatic rings. The van der Waals surface area contributed by atoms with E-state index >= 15 is 0 Å². The van der Waals surface area contributed by atoms with Crippen LogP contribution in [0.15, 0.2) is 108 Å². The summed E-state index contributed by atoms with van der Waals surface area (Å²) in [6.45, 7) is 0. The van der Waals surface area contributed by atoms with Crippen molar-refractivity contribution in [3.63, 3.8) is 0 Å². The molecule has 0 spiro atoms. The van der Waals surface area contributed by atoms with Gasteiger partial charge < -0.3 is 4.98 Å². The number of hydrogen-bond donors (Lipinski definition) is 1. The number of aromatic amines is 1. The first kappa shape index (κ1) is 18.2. The fourth-order valence-corrected chi connectivity index (χ4v) is 5.29. The molecule has 0 radical (unpaired) electrons. The van der Waals surface area contributed by atoms with Gasteiger partial charge in [0, 0.05) is 16.3 Å². The molecule has 4 aromatic carbocycles. The number of H-pyrrole nitrogens is 1. The Hall–Kier alpha value is -4.37. The molecule has 1 N–H and O–H groups in total. The number of rotatable bonds is 2. The first-order chi connectivity index (χ1) is 16.3. The summed E-state index contributed by atoms with van der Waals surface area (Å²) in [5.74, 6) is 0. The normalized spacial score (nSPS) is 13.0. The van der Waals surface area contributed by atoms with E-state index in [4.69, 9.17) is 0 Å². The van der Waals surface area contributed by atoms with Crippen molar-refractivity contribution in [2.45, 2.75) is 6.42 Å². The monoisotopic (exact) mass is 424 g/mol. The Labute approximate surface area is 190 Å². The van der Waals surface area contributed by atoms with Crippen molar-refractivity contribution in [2.75, 3.05) is 0 Å². The predicted molar refractivity (Wildman–Crippen MR) is 136 cm³/mol. The Bertz CT molecular complexity index is 1790. The lowest BCUT2D eigenvalue weighted by atomic mass is 9.86. The molecule has 2 aromatic heterocycles. The Kier molecular flexibility index (Phi) is 3.76. The minimum absolute atomic E-state index is 0.0265. The van der Waals surface area contributed by atoms with Crippen molar-refractivity contribution in [1.82, 2.24) is 9.38 Å². The average Bonchev–Trinajstić information content (AvgIpc) is 3.27. The molecule has 0 saturated carbocycles. The van der Waals surface area contributed by atoms with Crippen LogP contribution in [-0.4, -0.2) is 9.38 Å². The zero-order valence-electron chi connectivity index (χ0n) is 17.9. The highest BCUT2D eigenvalue weighted by Gasteiger charge is 2.22. The third kappa shape index (κ3) is 2.60. The molecule has 156 valence electrons. The molecule has 0 bridgehead atoms. The van der Waals surface area contributed by atoms with E-state index < -0.39 is 0 Å². The Morgan fingerprint density at radius 1 is 0.727 bits per heavy atom. The lowest BCUT2D eigenvalue weighted by molar-refractivity contribution is 1.13. The van der Waals surface area contributed by atoms with Crippen molar-refractivity contribution in [1.29, 1.82) is 0 Å². The zero-order chi connectivity index (χ0) is 21.9. The van der Waals surface area contributed by atoms with Crippen molar-refractivity contribution >= 4 is 33.0 Å². The van der Waals surface area contributed by atoms with E-state index in [1.807, 2.05) is 40.8 Å². The van der Waals surface area contributed by atoms with Crippen LogP contribution < -0.4 is 5.56 Å². The summed E-state index contributed by atoms with van der Waals surface area (Å²) in [5, 5.41) is 1.84. The van der Waals surface area contributed by atoms with Gasteiger partial charge in [0.25, 0.3) is 5.56 Å². The average molecular weight is 425 g/mol. The molecule has 0 unspecified atom stereocenters. The quantitative estimate of drug-likeness (QED) is 0.335. The van der Waals surface area contributed by atoms with E-state index in [2.05, 4.69) is 71.7 Å². The summed E-state index contributed by atoms with van der Waals surface area (Å²) in [5.41, 5.74) is 9.78. The Balaban J connectivity index is 1.54. The maximum Gasteiger partial charge on any atom is 0.264 e. The van der Waals surface area contributed by atoms with E-state index in [-0.39, 0.29) is 5.56 Å². The highest BCUT2D eigenvalue weighted by molar-refractivity contribution is 6.04. The zero-order valence-corrected chi connectivity index (χ0v) is 17.9. The molecule has 0 fully saturated rings. The Morgan fingerprint density at radius 2 is 1.48 bits per heavy atom. The van der Waals surface area contributed by atoms with Gasteiger partial charge in [-0.25, -0.2) is 0 Å². The summed E-state index contributed by atoms with van der Waals surface area (Å²) in [7, 11) is 0. The second kappa shape index (κ2) is 6.81. The number of aromatic nitrogens is 2. The van der Waals surface area contributed by atoms with Gasteiger partial charge in [-0.1, -0.05) is 84.9 Å². The van der Waals surface area contributed by atoms with Crippen LogP contribution in [0.3, 0.4) is 0 Å². The number of nitrogens with one attached hydrogen (secondary N) is 1. The molecular formula is C30H20N2O. The Morgan fingerprint density at radius 3 is 2.27 bits per heavy atom. The molecule has 3 heteroatoms. The van der Waals surface area contributed by atoms with E-state index in [0.717, 1.165) is 50.6 Å². The second-order valence-corrected chi connectivity index (χ2v) is 8.61. The van der Waals surface area contributed by atoms with Crippen LogP contribution in [0.5, 0.6) is 0 Å². The van der Waals surface area contributed by atoms with Crippen molar-refractivity contribution in [3.8, 4) is 11.1 Å². The molecule has 33 heavy (non-hydrogen) atoms. The topological polar surface area (TPSA) is 37.3 Å². The van der Waals surface area contributed by atoms with Gasteiger partial charge in [0.05, 0.1) is 11.0 Å². The van der Waals surface area contributed by atoms with Crippen LogP contribution in [0.1, 0.15) is 16.7 Å². The van der Waals surface area contributed by atoms with Crippen molar-refractivity contribution in [2.24, 2.45) is 0 Å². The highest BCUT2D eigenvalue weighted by atomic mass is 16.1. The van der Waals surface area contributed by atoms with Crippen LogP contribution in [0, 0.1) is 0 Å². The molecule has 0 aliphatic heterocycles. The number of hydrogen-bond acceptors (Lipinski definition) is 1. The van der Waals surface area contributed by atoms with Crippen LogP contribution in [0.25, 0.3) is 44.2 Å². The largest absolute Gasteiger partial charge is 0.339 e.